The lowest BCUT2D eigenvalue weighted by atomic mass is 9.92. The van der Waals surface area contributed by atoms with Crippen molar-refractivity contribution in [3.8, 4) is 0 Å². The van der Waals surface area contributed by atoms with Crippen LogP contribution < -0.4 is 0 Å². The van der Waals surface area contributed by atoms with E-state index in [2.05, 4.69) is 18.7 Å². The van der Waals surface area contributed by atoms with E-state index < -0.39 is 5.97 Å². The van der Waals surface area contributed by atoms with E-state index in [4.69, 9.17) is 5.11 Å². The summed E-state index contributed by atoms with van der Waals surface area (Å²) in [5.41, 5.74) is 0.533. The molecule has 1 heterocycles. The minimum absolute atomic E-state index is 0.533. The van der Waals surface area contributed by atoms with Crippen molar-refractivity contribution >= 4 is 5.97 Å². The van der Waals surface area contributed by atoms with Gasteiger partial charge in [-0.1, -0.05) is 19.9 Å². The third-order valence-electron chi connectivity index (χ3n) is 3.73. The van der Waals surface area contributed by atoms with Crippen molar-refractivity contribution in [3.63, 3.8) is 0 Å². The highest BCUT2D eigenvalue weighted by Gasteiger charge is 2.23. The van der Waals surface area contributed by atoms with E-state index >= 15 is 0 Å². The van der Waals surface area contributed by atoms with Gasteiger partial charge in [-0.2, -0.15) is 0 Å². The Morgan fingerprint density at radius 1 is 1.50 bits per heavy atom. The zero-order valence-electron chi connectivity index (χ0n) is 10.6. The van der Waals surface area contributed by atoms with Gasteiger partial charge in [-0.3, -0.25) is 4.90 Å². The summed E-state index contributed by atoms with van der Waals surface area (Å²) in [6, 6.07) is 0.567. The van der Waals surface area contributed by atoms with E-state index in [9.17, 15) is 4.79 Å². The molecular weight excluding hydrogens is 202 g/mol. The second kappa shape index (κ2) is 6.04. The van der Waals surface area contributed by atoms with E-state index in [-0.39, 0.29) is 0 Å². The van der Waals surface area contributed by atoms with Crippen molar-refractivity contribution < 1.29 is 9.90 Å². The second-order valence-electron chi connectivity index (χ2n) is 4.74. The van der Waals surface area contributed by atoms with Gasteiger partial charge in [0.05, 0.1) is 0 Å². The molecule has 16 heavy (non-hydrogen) atoms. The topological polar surface area (TPSA) is 40.5 Å². The molecule has 3 heteroatoms. The number of carbonyl (C=O) groups is 1. The third kappa shape index (κ3) is 3.34. The number of carboxylic acids is 1. The lowest BCUT2D eigenvalue weighted by Crippen LogP contribution is -2.42. The predicted octanol–water partition coefficient (Wildman–Crippen LogP) is 2.53. The maximum atomic E-state index is 10.9. The zero-order valence-corrected chi connectivity index (χ0v) is 10.6. The van der Waals surface area contributed by atoms with Crippen LogP contribution >= 0.6 is 0 Å². The second-order valence-corrected chi connectivity index (χ2v) is 4.74. The molecule has 2 unspecified atom stereocenters. The first-order chi connectivity index (χ1) is 7.56. The average Bonchev–Trinajstić information content (AvgIpc) is 2.24. The summed E-state index contributed by atoms with van der Waals surface area (Å²) in [4.78, 5) is 13.2. The number of hydrogen-bond acceptors (Lipinski definition) is 2. The van der Waals surface area contributed by atoms with Crippen molar-refractivity contribution in [1.82, 2.24) is 4.90 Å². The van der Waals surface area contributed by atoms with Crippen LogP contribution in [0.1, 0.15) is 40.0 Å². The van der Waals surface area contributed by atoms with Crippen molar-refractivity contribution in [2.75, 3.05) is 13.1 Å². The molecule has 92 valence electrons. The summed E-state index contributed by atoms with van der Waals surface area (Å²) < 4.78 is 0. The predicted molar refractivity (Wildman–Crippen MR) is 65.4 cm³/mol. The Labute approximate surface area is 98.1 Å². The standard InChI is InChI=1S/C13H23NO2/c1-4-12(13(15)16)7-9-14-8-5-6-10(2)11(14)3/h7,10-11H,4-6,8-9H2,1-3H3,(H,15,16). The Balaban J connectivity index is 2.56. The number of rotatable bonds is 4. The summed E-state index contributed by atoms with van der Waals surface area (Å²) in [5.74, 6) is -0.0581. The summed E-state index contributed by atoms with van der Waals surface area (Å²) in [6.07, 6.45) is 5.00. The molecule has 0 aromatic heterocycles. The lowest BCUT2D eigenvalue weighted by molar-refractivity contribution is -0.132. The molecule has 1 fully saturated rings. The quantitative estimate of drug-likeness (QED) is 0.747. The molecule has 2 atom stereocenters. The molecule has 0 aromatic carbocycles. The Kier molecular flexibility index (Phi) is 5.00. The molecule has 3 nitrogen and oxygen atoms in total. The molecule has 1 aliphatic rings. The van der Waals surface area contributed by atoms with Crippen LogP contribution in [0, 0.1) is 5.92 Å². The van der Waals surface area contributed by atoms with Crippen molar-refractivity contribution in [3.05, 3.63) is 11.6 Å². The Hall–Kier alpha value is -0.830. The van der Waals surface area contributed by atoms with Crippen LogP contribution in [0.25, 0.3) is 0 Å². The minimum Gasteiger partial charge on any atom is -0.478 e. The van der Waals surface area contributed by atoms with Crippen LogP contribution in [-0.2, 0) is 4.79 Å². The SMILES string of the molecule is CCC(=CCN1CCCC(C)C1C)C(=O)O. The lowest BCUT2D eigenvalue weighted by Gasteiger charge is -2.37. The van der Waals surface area contributed by atoms with Gasteiger partial charge in [0.2, 0.25) is 0 Å². The van der Waals surface area contributed by atoms with Crippen molar-refractivity contribution in [2.45, 2.75) is 46.1 Å². The van der Waals surface area contributed by atoms with E-state index in [1.54, 1.807) is 0 Å². The first kappa shape index (κ1) is 13.2. The molecule has 0 radical (unpaired) electrons. The monoisotopic (exact) mass is 225 g/mol. The van der Waals surface area contributed by atoms with Crippen molar-refractivity contribution in [2.24, 2.45) is 5.92 Å². The Bertz CT molecular complexity index is 273. The van der Waals surface area contributed by atoms with Crippen LogP contribution in [0.5, 0.6) is 0 Å². The van der Waals surface area contributed by atoms with Gasteiger partial charge in [0.15, 0.2) is 0 Å². The van der Waals surface area contributed by atoms with Gasteiger partial charge in [0.25, 0.3) is 0 Å². The fourth-order valence-corrected chi connectivity index (χ4v) is 2.29. The van der Waals surface area contributed by atoms with E-state index in [0.29, 0.717) is 18.0 Å². The zero-order chi connectivity index (χ0) is 12.1. The van der Waals surface area contributed by atoms with Crippen LogP contribution in [0.15, 0.2) is 11.6 Å². The number of likely N-dealkylation sites (tertiary alicyclic amines) is 1. The van der Waals surface area contributed by atoms with Gasteiger partial charge in [0.1, 0.15) is 0 Å². The molecule has 0 aliphatic carbocycles. The summed E-state index contributed by atoms with van der Waals surface area (Å²) in [7, 11) is 0. The number of piperidine rings is 1. The number of carboxylic acid groups (broad SMARTS) is 1. The highest BCUT2D eigenvalue weighted by Crippen LogP contribution is 2.22. The van der Waals surface area contributed by atoms with Gasteiger partial charge >= 0.3 is 5.97 Å². The van der Waals surface area contributed by atoms with Gasteiger partial charge in [-0.25, -0.2) is 4.79 Å². The van der Waals surface area contributed by atoms with Gasteiger partial charge in [-0.05, 0) is 38.6 Å². The van der Waals surface area contributed by atoms with Gasteiger partial charge < -0.3 is 5.11 Å². The molecular formula is C13H23NO2. The van der Waals surface area contributed by atoms with Gasteiger partial charge in [0, 0.05) is 18.2 Å². The highest BCUT2D eigenvalue weighted by molar-refractivity contribution is 5.86. The van der Waals surface area contributed by atoms with Crippen LogP contribution in [0.3, 0.4) is 0 Å². The maximum absolute atomic E-state index is 10.9. The molecule has 0 saturated carbocycles. The molecule has 0 amide bonds. The summed E-state index contributed by atoms with van der Waals surface area (Å²) in [6.45, 7) is 8.28. The minimum atomic E-state index is -0.778. The molecule has 1 rings (SSSR count). The third-order valence-corrected chi connectivity index (χ3v) is 3.73. The fourth-order valence-electron chi connectivity index (χ4n) is 2.29. The molecule has 1 N–H and O–H groups in total. The number of aliphatic carboxylic acids is 1. The molecule has 0 bridgehead atoms. The fraction of sp³-hybridized carbons (Fsp3) is 0.769. The van der Waals surface area contributed by atoms with E-state index in [0.717, 1.165) is 19.0 Å². The first-order valence-electron chi connectivity index (χ1n) is 6.22. The summed E-state index contributed by atoms with van der Waals surface area (Å²) in [5, 5.41) is 8.93. The Morgan fingerprint density at radius 2 is 2.19 bits per heavy atom. The van der Waals surface area contributed by atoms with Crippen molar-refractivity contribution in [1.29, 1.82) is 0 Å². The average molecular weight is 225 g/mol. The van der Waals surface area contributed by atoms with E-state index in [1.165, 1.54) is 12.8 Å². The largest absolute Gasteiger partial charge is 0.478 e. The van der Waals surface area contributed by atoms with Crippen LogP contribution in [-0.4, -0.2) is 35.1 Å². The number of nitrogens with zero attached hydrogens (tertiary/aromatic N) is 1. The normalized spacial score (nSPS) is 28.1. The molecule has 0 spiro atoms. The Morgan fingerprint density at radius 3 is 2.75 bits per heavy atom. The summed E-state index contributed by atoms with van der Waals surface area (Å²) >= 11 is 0. The maximum Gasteiger partial charge on any atom is 0.331 e. The smallest absolute Gasteiger partial charge is 0.331 e. The number of hydrogen-bond donors (Lipinski definition) is 1. The first-order valence-corrected chi connectivity index (χ1v) is 6.22. The molecule has 1 saturated heterocycles. The van der Waals surface area contributed by atoms with E-state index in [1.807, 2.05) is 13.0 Å². The van der Waals surface area contributed by atoms with Gasteiger partial charge in [-0.15, -0.1) is 0 Å². The highest BCUT2D eigenvalue weighted by atomic mass is 16.4. The molecule has 1 aliphatic heterocycles. The van der Waals surface area contributed by atoms with Crippen LogP contribution in [0.2, 0.25) is 0 Å². The molecule has 0 aromatic rings. The van der Waals surface area contributed by atoms with Crippen LogP contribution in [0.4, 0.5) is 0 Å².